The number of carbonyl (C=O) groups is 2. The summed E-state index contributed by atoms with van der Waals surface area (Å²) in [5.41, 5.74) is 3.08. The van der Waals surface area contributed by atoms with Gasteiger partial charge < -0.3 is 15.4 Å². The van der Waals surface area contributed by atoms with Crippen molar-refractivity contribution in [3.63, 3.8) is 0 Å². The topological polar surface area (TPSA) is 84.7 Å². The molecule has 3 rings (SSSR count). The van der Waals surface area contributed by atoms with Crippen molar-refractivity contribution in [2.24, 2.45) is 0 Å². The Balaban J connectivity index is 1.91. The molecule has 2 N–H and O–H groups in total. The van der Waals surface area contributed by atoms with Crippen LogP contribution in [0.4, 0.5) is 11.4 Å². The lowest BCUT2D eigenvalue weighted by Gasteiger charge is -2.08. The monoisotopic (exact) mass is 352 g/mol. The number of nitrogens with zero attached hydrogens (tertiary/aromatic N) is 2. The Morgan fingerprint density at radius 3 is 2.35 bits per heavy atom. The minimum absolute atomic E-state index is 0.144. The van der Waals surface area contributed by atoms with E-state index in [4.69, 9.17) is 4.74 Å². The van der Waals surface area contributed by atoms with Gasteiger partial charge in [0.15, 0.2) is 11.4 Å². The molecule has 0 saturated heterocycles. The van der Waals surface area contributed by atoms with Gasteiger partial charge in [0, 0.05) is 24.5 Å². The molecule has 0 bridgehead atoms. The molecule has 26 heavy (non-hydrogen) atoms. The number of aromatic nitrogens is 2. The van der Waals surface area contributed by atoms with Crippen LogP contribution in [-0.4, -0.2) is 28.3 Å². The minimum atomic E-state index is -0.255. The van der Waals surface area contributed by atoms with Crippen LogP contribution in [-0.2, 0) is 11.2 Å². The number of fused-ring (bicyclic) bond motifs is 1. The summed E-state index contributed by atoms with van der Waals surface area (Å²) in [7, 11) is 1.58. The van der Waals surface area contributed by atoms with Gasteiger partial charge >= 0.3 is 0 Å². The quantitative estimate of drug-likeness (QED) is 0.739. The van der Waals surface area contributed by atoms with Gasteiger partial charge in [0.2, 0.25) is 5.91 Å². The Morgan fingerprint density at radius 1 is 1.12 bits per heavy atom. The molecular formula is C19H20N4O3. The molecule has 0 saturated carbocycles. The maximum absolute atomic E-state index is 12.8. The van der Waals surface area contributed by atoms with Crippen molar-refractivity contribution in [3.05, 3.63) is 54.0 Å². The second-order valence-electron chi connectivity index (χ2n) is 5.74. The number of ether oxygens (including phenoxy) is 1. The summed E-state index contributed by atoms with van der Waals surface area (Å²) in [6.07, 6.45) is 2.41. The lowest BCUT2D eigenvalue weighted by atomic mass is 10.2. The zero-order valence-corrected chi connectivity index (χ0v) is 14.9. The summed E-state index contributed by atoms with van der Waals surface area (Å²) in [5, 5.41) is 5.56. The first-order chi connectivity index (χ1) is 12.5. The third kappa shape index (κ3) is 3.37. The van der Waals surface area contributed by atoms with Crippen molar-refractivity contribution in [1.29, 1.82) is 0 Å². The van der Waals surface area contributed by atoms with E-state index in [1.165, 1.54) is 6.92 Å². The summed E-state index contributed by atoms with van der Waals surface area (Å²) in [6, 6.07) is 10.6. The molecule has 7 nitrogen and oxygen atoms in total. The lowest BCUT2D eigenvalue weighted by molar-refractivity contribution is -0.114. The maximum Gasteiger partial charge on any atom is 0.274 e. The molecule has 2 amide bonds. The third-order valence-electron chi connectivity index (χ3n) is 3.92. The predicted molar refractivity (Wildman–Crippen MR) is 99.8 cm³/mol. The molecule has 0 spiro atoms. The first-order valence-corrected chi connectivity index (χ1v) is 8.26. The maximum atomic E-state index is 12.8. The molecule has 0 aliphatic rings. The van der Waals surface area contributed by atoms with Gasteiger partial charge in [-0.05, 0) is 42.8 Å². The van der Waals surface area contributed by atoms with Gasteiger partial charge in [0.25, 0.3) is 5.91 Å². The van der Waals surface area contributed by atoms with Gasteiger partial charge in [-0.15, -0.1) is 0 Å². The van der Waals surface area contributed by atoms with E-state index in [1.807, 2.05) is 19.1 Å². The molecule has 0 atom stereocenters. The van der Waals surface area contributed by atoms with E-state index in [9.17, 15) is 9.59 Å². The van der Waals surface area contributed by atoms with Crippen molar-refractivity contribution in [2.45, 2.75) is 20.3 Å². The molecular weight excluding hydrogens is 332 g/mol. The van der Waals surface area contributed by atoms with Crippen LogP contribution in [0.5, 0.6) is 5.75 Å². The summed E-state index contributed by atoms with van der Waals surface area (Å²) in [4.78, 5) is 28.5. The average molecular weight is 352 g/mol. The zero-order valence-electron chi connectivity index (χ0n) is 14.9. The molecule has 0 unspecified atom stereocenters. The van der Waals surface area contributed by atoms with Gasteiger partial charge in [-0.2, -0.15) is 0 Å². The number of rotatable bonds is 5. The molecule has 7 heteroatoms. The second-order valence-corrected chi connectivity index (χ2v) is 5.74. The molecule has 0 aliphatic carbocycles. The number of methoxy groups -OCH3 is 1. The van der Waals surface area contributed by atoms with Gasteiger partial charge in [0.05, 0.1) is 12.8 Å². The van der Waals surface area contributed by atoms with Crippen LogP contribution in [0.1, 0.15) is 30.0 Å². The van der Waals surface area contributed by atoms with Crippen LogP contribution in [0.2, 0.25) is 0 Å². The van der Waals surface area contributed by atoms with Crippen molar-refractivity contribution in [2.75, 3.05) is 17.7 Å². The van der Waals surface area contributed by atoms with Crippen molar-refractivity contribution in [3.8, 4) is 5.75 Å². The number of amides is 2. The van der Waals surface area contributed by atoms with E-state index in [0.29, 0.717) is 40.6 Å². The van der Waals surface area contributed by atoms with E-state index in [1.54, 1.807) is 42.0 Å². The highest BCUT2D eigenvalue weighted by Crippen LogP contribution is 2.23. The van der Waals surface area contributed by atoms with Crippen LogP contribution in [0.15, 0.2) is 42.6 Å². The standard InChI is InChI=1S/C19H20N4O3/c1-4-15-17(23-11-5-6-16(26-3)18(23)22-15)19(25)21-14-9-7-13(8-10-14)20-12(2)24/h5-11H,4H2,1-3H3,(H,20,24)(H,21,25). The number of carbonyl (C=O) groups excluding carboxylic acids is 2. The Bertz CT molecular complexity index is 961. The molecule has 3 aromatic rings. The van der Waals surface area contributed by atoms with Crippen LogP contribution < -0.4 is 15.4 Å². The van der Waals surface area contributed by atoms with Crippen molar-refractivity contribution < 1.29 is 14.3 Å². The number of hydrogen-bond donors (Lipinski definition) is 2. The zero-order chi connectivity index (χ0) is 18.7. The third-order valence-corrected chi connectivity index (χ3v) is 3.92. The summed E-state index contributed by atoms with van der Waals surface area (Å²) in [6.45, 7) is 3.40. The minimum Gasteiger partial charge on any atom is -0.493 e. The smallest absolute Gasteiger partial charge is 0.274 e. The Labute approximate surface area is 151 Å². The van der Waals surface area contributed by atoms with Gasteiger partial charge in [-0.3, -0.25) is 14.0 Å². The number of pyridine rings is 1. The number of benzene rings is 1. The van der Waals surface area contributed by atoms with Gasteiger partial charge in [-0.1, -0.05) is 6.92 Å². The largest absolute Gasteiger partial charge is 0.493 e. The number of anilines is 2. The molecule has 0 fully saturated rings. The molecule has 2 heterocycles. The Morgan fingerprint density at radius 2 is 1.77 bits per heavy atom. The first-order valence-electron chi connectivity index (χ1n) is 8.26. The van der Waals surface area contributed by atoms with E-state index < -0.39 is 0 Å². The fraction of sp³-hybridized carbons (Fsp3) is 0.211. The number of imidazole rings is 1. The highest BCUT2D eigenvalue weighted by Gasteiger charge is 2.20. The van der Waals surface area contributed by atoms with E-state index in [-0.39, 0.29) is 11.8 Å². The molecule has 0 aliphatic heterocycles. The second kappa shape index (κ2) is 7.26. The molecule has 134 valence electrons. The molecule has 2 aromatic heterocycles. The van der Waals surface area contributed by atoms with Crippen LogP contribution >= 0.6 is 0 Å². The van der Waals surface area contributed by atoms with Gasteiger partial charge in [-0.25, -0.2) is 4.98 Å². The SMILES string of the molecule is CCc1nc2c(OC)cccn2c1C(=O)Nc1ccc(NC(C)=O)cc1. The molecule has 0 radical (unpaired) electrons. The predicted octanol–water partition coefficient (Wildman–Crippen LogP) is 3.12. The number of nitrogens with one attached hydrogen (secondary N) is 2. The van der Waals surface area contributed by atoms with Crippen molar-refractivity contribution >= 4 is 28.8 Å². The van der Waals surface area contributed by atoms with Crippen molar-refractivity contribution in [1.82, 2.24) is 9.38 Å². The summed E-state index contributed by atoms with van der Waals surface area (Å²) in [5.74, 6) is 0.213. The van der Waals surface area contributed by atoms with Crippen LogP contribution in [0.25, 0.3) is 5.65 Å². The highest BCUT2D eigenvalue weighted by atomic mass is 16.5. The fourth-order valence-electron chi connectivity index (χ4n) is 2.77. The Hall–Kier alpha value is -3.35. The van der Waals surface area contributed by atoms with Gasteiger partial charge in [0.1, 0.15) is 5.69 Å². The Kier molecular flexibility index (Phi) is 4.88. The molecule has 1 aromatic carbocycles. The first kappa shape index (κ1) is 17.5. The van der Waals surface area contributed by atoms with E-state index >= 15 is 0 Å². The number of hydrogen-bond acceptors (Lipinski definition) is 4. The van der Waals surface area contributed by atoms with E-state index in [2.05, 4.69) is 15.6 Å². The number of aryl methyl sites for hydroxylation is 1. The highest BCUT2D eigenvalue weighted by molar-refractivity contribution is 6.04. The normalized spacial score (nSPS) is 10.6. The van der Waals surface area contributed by atoms with Crippen LogP contribution in [0.3, 0.4) is 0 Å². The fourth-order valence-corrected chi connectivity index (χ4v) is 2.77. The average Bonchev–Trinajstić information content (AvgIpc) is 3.01. The van der Waals surface area contributed by atoms with E-state index in [0.717, 1.165) is 0 Å². The summed E-state index contributed by atoms with van der Waals surface area (Å²) < 4.78 is 7.07. The van der Waals surface area contributed by atoms with Crippen LogP contribution in [0, 0.1) is 0 Å². The lowest BCUT2D eigenvalue weighted by Crippen LogP contribution is -2.16. The summed E-state index contributed by atoms with van der Waals surface area (Å²) >= 11 is 0.